The van der Waals surface area contributed by atoms with E-state index in [9.17, 15) is 22.8 Å². The summed E-state index contributed by atoms with van der Waals surface area (Å²) in [4.78, 5) is 23.8. The van der Waals surface area contributed by atoms with Gasteiger partial charge < -0.3 is 15.0 Å². The lowest BCUT2D eigenvalue weighted by Gasteiger charge is -2.16. The molecule has 1 amide bonds. The zero-order valence-corrected chi connectivity index (χ0v) is 16.2. The minimum Gasteiger partial charge on any atom is -0.469 e. The Morgan fingerprint density at radius 1 is 1.18 bits per heavy atom. The highest BCUT2D eigenvalue weighted by Gasteiger charge is 2.31. The summed E-state index contributed by atoms with van der Waals surface area (Å²) in [6, 6.07) is 4.51. The molecule has 0 aliphatic carbocycles. The average molecular weight is 396 g/mol. The monoisotopic (exact) mass is 396 g/mol. The normalized spacial score (nSPS) is 11.7. The fraction of sp³-hybridized carbons (Fsp3) is 0.400. The maximum atomic E-state index is 12.9. The van der Waals surface area contributed by atoms with Crippen molar-refractivity contribution in [2.24, 2.45) is 5.73 Å². The molecule has 8 heteroatoms. The number of nitrogens with zero attached hydrogens (tertiary/aromatic N) is 1. The van der Waals surface area contributed by atoms with Crippen LogP contribution in [0.5, 0.6) is 0 Å². The lowest BCUT2D eigenvalue weighted by molar-refractivity contribution is -0.140. The van der Waals surface area contributed by atoms with E-state index in [2.05, 4.69) is 0 Å². The molecule has 0 radical (unpaired) electrons. The van der Waals surface area contributed by atoms with Crippen LogP contribution in [0.3, 0.4) is 0 Å². The first-order valence-corrected chi connectivity index (χ1v) is 8.76. The van der Waals surface area contributed by atoms with Crippen molar-refractivity contribution >= 4 is 11.9 Å². The predicted octanol–water partition coefficient (Wildman–Crippen LogP) is 4.27. The molecule has 0 saturated carbocycles. The number of benzene rings is 1. The van der Waals surface area contributed by atoms with E-state index in [1.54, 1.807) is 6.92 Å². The molecule has 1 heterocycles. The van der Waals surface area contributed by atoms with Gasteiger partial charge in [0.05, 0.1) is 24.7 Å². The van der Waals surface area contributed by atoms with E-state index in [1.165, 1.54) is 19.2 Å². The average Bonchev–Trinajstić information content (AvgIpc) is 2.91. The highest BCUT2D eigenvalue weighted by atomic mass is 19.4. The van der Waals surface area contributed by atoms with Gasteiger partial charge in [0.1, 0.15) is 0 Å². The minimum absolute atomic E-state index is 0.0473. The molecular formula is C20H23F3N2O3. The summed E-state index contributed by atoms with van der Waals surface area (Å²) in [5.41, 5.74) is 7.21. The summed E-state index contributed by atoms with van der Waals surface area (Å²) in [5, 5.41) is 0. The Balaban J connectivity index is 2.70. The quantitative estimate of drug-likeness (QED) is 0.741. The second-order valence-electron chi connectivity index (χ2n) is 6.76. The van der Waals surface area contributed by atoms with Gasteiger partial charge in [0.15, 0.2) is 0 Å². The Hall–Kier alpha value is -2.77. The first-order valence-electron chi connectivity index (χ1n) is 8.76. The van der Waals surface area contributed by atoms with Crippen LogP contribution >= 0.6 is 0 Å². The summed E-state index contributed by atoms with van der Waals surface area (Å²) in [6.45, 7) is 5.56. The van der Waals surface area contributed by atoms with Crippen molar-refractivity contribution in [1.29, 1.82) is 0 Å². The van der Waals surface area contributed by atoms with E-state index in [1.807, 2.05) is 18.4 Å². The first kappa shape index (κ1) is 21.5. The van der Waals surface area contributed by atoms with Crippen molar-refractivity contribution in [2.75, 3.05) is 7.11 Å². The van der Waals surface area contributed by atoms with Gasteiger partial charge in [-0.3, -0.25) is 9.59 Å². The molecule has 5 nitrogen and oxygen atoms in total. The number of halogens is 3. The van der Waals surface area contributed by atoms with Crippen LogP contribution in [0.15, 0.2) is 24.3 Å². The summed E-state index contributed by atoms with van der Waals surface area (Å²) in [7, 11) is 1.28. The molecule has 0 aliphatic rings. The van der Waals surface area contributed by atoms with Crippen LogP contribution in [0.25, 0.3) is 11.1 Å². The van der Waals surface area contributed by atoms with E-state index < -0.39 is 23.6 Å². The van der Waals surface area contributed by atoms with Gasteiger partial charge in [-0.1, -0.05) is 12.1 Å². The van der Waals surface area contributed by atoms with Crippen LogP contribution in [0.1, 0.15) is 53.6 Å². The third-order valence-electron chi connectivity index (χ3n) is 4.61. The van der Waals surface area contributed by atoms with Crippen molar-refractivity contribution < 1.29 is 27.5 Å². The second-order valence-corrected chi connectivity index (χ2v) is 6.76. The third-order valence-corrected chi connectivity index (χ3v) is 4.61. The fourth-order valence-electron chi connectivity index (χ4n) is 3.47. The van der Waals surface area contributed by atoms with Crippen LogP contribution in [0.4, 0.5) is 13.2 Å². The third kappa shape index (κ3) is 4.21. The van der Waals surface area contributed by atoms with Crippen LogP contribution < -0.4 is 5.73 Å². The minimum atomic E-state index is -4.46. The standard InChI is InChI=1S/C20H23F3N2O3/c1-11(2)25-12(3)17(19(24)27)18(15(25)9-10-16(26)28-4)13-5-7-14(8-6-13)20(21,22)23/h5-8,11H,9-10H2,1-4H3,(H2,24,27). The van der Waals surface area contributed by atoms with Gasteiger partial charge >= 0.3 is 12.1 Å². The maximum absolute atomic E-state index is 12.9. The number of rotatable bonds is 6. The molecule has 28 heavy (non-hydrogen) atoms. The summed E-state index contributed by atoms with van der Waals surface area (Å²) < 4.78 is 45.3. The molecule has 0 spiro atoms. The molecule has 2 aromatic rings. The Kier molecular flexibility index (Phi) is 6.21. The Morgan fingerprint density at radius 3 is 2.18 bits per heavy atom. The Labute approximate surface area is 161 Å². The van der Waals surface area contributed by atoms with Gasteiger partial charge in [-0.25, -0.2) is 0 Å². The molecule has 1 aromatic carbocycles. The molecule has 0 saturated heterocycles. The number of nitrogens with two attached hydrogens (primary N) is 1. The number of aromatic nitrogens is 1. The van der Waals surface area contributed by atoms with Gasteiger partial charge in [-0.15, -0.1) is 0 Å². The number of hydrogen-bond acceptors (Lipinski definition) is 3. The number of hydrogen-bond donors (Lipinski definition) is 1. The molecular weight excluding hydrogens is 373 g/mol. The summed E-state index contributed by atoms with van der Waals surface area (Å²) >= 11 is 0. The first-order chi connectivity index (χ1) is 13.0. The number of carbonyl (C=O) groups excluding carboxylic acids is 2. The number of methoxy groups -OCH3 is 1. The van der Waals surface area contributed by atoms with Crippen molar-refractivity contribution in [1.82, 2.24) is 4.57 Å². The molecule has 0 aliphatic heterocycles. The molecule has 2 rings (SSSR count). The van der Waals surface area contributed by atoms with Gasteiger partial charge in [-0.2, -0.15) is 13.2 Å². The van der Waals surface area contributed by atoms with Crippen molar-refractivity contribution in [3.63, 3.8) is 0 Å². The van der Waals surface area contributed by atoms with Gasteiger partial charge in [0.2, 0.25) is 0 Å². The lowest BCUT2D eigenvalue weighted by Crippen LogP contribution is -2.14. The second kappa shape index (κ2) is 8.08. The van der Waals surface area contributed by atoms with Gasteiger partial charge in [-0.05, 0) is 44.9 Å². The molecule has 0 fully saturated rings. The zero-order chi connectivity index (χ0) is 21.2. The van der Waals surface area contributed by atoms with Crippen LogP contribution in [0.2, 0.25) is 0 Å². The molecule has 0 bridgehead atoms. The van der Waals surface area contributed by atoms with E-state index >= 15 is 0 Å². The van der Waals surface area contributed by atoms with E-state index in [0.717, 1.165) is 12.1 Å². The van der Waals surface area contributed by atoms with Crippen molar-refractivity contribution in [2.45, 2.75) is 45.8 Å². The number of esters is 1. The Morgan fingerprint density at radius 2 is 1.75 bits per heavy atom. The summed E-state index contributed by atoms with van der Waals surface area (Å²) in [5.74, 6) is -1.10. The highest BCUT2D eigenvalue weighted by Crippen LogP contribution is 2.37. The van der Waals surface area contributed by atoms with Crippen molar-refractivity contribution in [3.05, 3.63) is 46.8 Å². The molecule has 1 aromatic heterocycles. The molecule has 0 atom stereocenters. The van der Waals surface area contributed by atoms with Crippen LogP contribution in [-0.4, -0.2) is 23.6 Å². The highest BCUT2D eigenvalue weighted by molar-refractivity contribution is 6.02. The predicted molar refractivity (Wildman–Crippen MR) is 98.8 cm³/mol. The SMILES string of the molecule is COC(=O)CCc1c(-c2ccc(C(F)(F)F)cc2)c(C(N)=O)c(C)n1C(C)C. The maximum Gasteiger partial charge on any atom is 0.416 e. The van der Waals surface area contributed by atoms with Gasteiger partial charge in [0, 0.05) is 23.0 Å². The molecule has 152 valence electrons. The smallest absolute Gasteiger partial charge is 0.416 e. The van der Waals surface area contributed by atoms with Crippen molar-refractivity contribution in [3.8, 4) is 11.1 Å². The topological polar surface area (TPSA) is 74.3 Å². The number of amides is 1. The van der Waals surface area contributed by atoms with Crippen LogP contribution in [0, 0.1) is 6.92 Å². The molecule has 0 unspecified atom stereocenters. The van der Waals surface area contributed by atoms with Gasteiger partial charge in [0.25, 0.3) is 5.91 Å². The zero-order valence-electron chi connectivity index (χ0n) is 16.2. The fourth-order valence-corrected chi connectivity index (χ4v) is 3.47. The number of ether oxygens (including phenoxy) is 1. The van der Waals surface area contributed by atoms with Crippen LogP contribution in [-0.2, 0) is 22.1 Å². The van der Waals surface area contributed by atoms with E-state index in [-0.39, 0.29) is 24.4 Å². The van der Waals surface area contributed by atoms with E-state index in [4.69, 9.17) is 10.5 Å². The summed E-state index contributed by atoms with van der Waals surface area (Å²) in [6.07, 6.45) is -4.13. The molecule has 2 N–H and O–H groups in total. The largest absolute Gasteiger partial charge is 0.469 e. The number of primary amides is 1. The van der Waals surface area contributed by atoms with E-state index in [0.29, 0.717) is 22.5 Å². The lowest BCUT2D eigenvalue weighted by atomic mass is 9.97. The number of alkyl halides is 3. The number of carbonyl (C=O) groups is 2. The Bertz CT molecular complexity index is 882.